The summed E-state index contributed by atoms with van der Waals surface area (Å²) < 4.78 is 2.42. The molecule has 0 amide bonds. The van der Waals surface area contributed by atoms with E-state index in [4.69, 9.17) is 0 Å². The van der Waals surface area contributed by atoms with Gasteiger partial charge in [-0.1, -0.05) is 47.5 Å². The molecule has 2 heterocycles. The number of benzene rings is 3. The Morgan fingerprint density at radius 1 is 0.818 bits per heavy atom. The molecule has 1 aliphatic heterocycles. The first-order valence-corrected chi connectivity index (χ1v) is 11.8. The van der Waals surface area contributed by atoms with E-state index in [0.717, 1.165) is 17.8 Å². The number of nitrogens with zero attached hydrogens (tertiary/aromatic N) is 2. The van der Waals surface area contributed by atoms with E-state index in [0.29, 0.717) is 12.0 Å². The van der Waals surface area contributed by atoms with E-state index in [1.54, 1.807) is 0 Å². The second-order valence-corrected chi connectivity index (χ2v) is 9.14. The van der Waals surface area contributed by atoms with Crippen LogP contribution in [0.15, 0.2) is 104 Å². The van der Waals surface area contributed by atoms with Gasteiger partial charge in [0.05, 0.1) is 11.5 Å². The van der Waals surface area contributed by atoms with Gasteiger partial charge >= 0.3 is 0 Å². The van der Waals surface area contributed by atoms with Crippen molar-refractivity contribution in [1.29, 1.82) is 0 Å². The van der Waals surface area contributed by atoms with Crippen molar-refractivity contribution < 1.29 is 4.57 Å². The molecule has 0 saturated heterocycles. The van der Waals surface area contributed by atoms with Crippen molar-refractivity contribution in [1.82, 2.24) is 0 Å². The highest BCUT2D eigenvalue weighted by molar-refractivity contribution is 5.80. The normalized spacial score (nSPS) is 16.6. The Hall–Kier alpha value is -3.65. The smallest absolute Gasteiger partial charge is 0.213 e. The molecule has 2 unspecified atom stereocenters. The van der Waals surface area contributed by atoms with Crippen molar-refractivity contribution in [3.8, 4) is 11.3 Å². The van der Waals surface area contributed by atoms with Crippen molar-refractivity contribution >= 4 is 17.1 Å². The fourth-order valence-corrected chi connectivity index (χ4v) is 5.06. The summed E-state index contributed by atoms with van der Waals surface area (Å²) in [6.07, 6.45) is 5.23. The van der Waals surface area contributed by atoms with Crippen LogP contribution in [0.2, 0.25) is 0 Å². The van der Waals surface area contributed by atoms with Crippen molar-refractivity contribution in [2.24, 2.45) is 0 Å². The van der Waals surface area contributed by atoms with Crippen LogP contribution in [0, 0.1) is 13.8 Å². The molecule has 2 heteroatoms. The zero-order valence-electron chi connectivity index (χ0n) is 19.7. The minimum atomic E-state index is 0.392. The molecule has 2 nitrogen and oxygen atoms in total. The molecular weight excluding hydrogens is 400 g/mol. The van der Waals surface area contributed by atoms with Gasteiger partial charge in [-0.05, 0) is 75.2 Å². The summed E-state index contributed by atoms with van der Waals surface area (Å²) in [6, 6.07) is 31.4. The average molecular weight is 432 g/mol. The minimum absolute atomic E-state index is 0.392. The van der Waals surface area contributed by atoms with E-state index in [2.05, 4.69) is 134 Å². The molecule has 5 rings (SSSR count). The first kappa shape index (κ1) is 21.2. The van der Waals surface area contributed by atoms with E-state index in [1.807, 2.05) is 0 Å². The van der Waals surface area contributed by atoms with E-state index < -0.39 is 0 Å². The van der Waals surface area contributed by atoms with Crippen molar-refractivity contribution in [3.63, 3.8) is 0 Å². The predicted octanol–water partition coefficient (Wildman–Crippen LogP) is 7.96. The number of allylic oxidation sites excluding steroid dienone is 1. The summed E-state index contributed by atoms with van der Waals surface area (Å²) in [5, 5.41) is 0. The van der Waals surface area contributed by atoms with Gasteiger partial charge in [0, 0.05) is 29.2 Å². The average Bonchev–Trinajstić information content (AvgIpc) is 2.84. The number of aryl methyl sites for hydroxylation is 2. The van der Waals surface area contributed by atoms with Gasteiger partial charge in [0.1, 0.15) is 0 Å². The lowest BCUT2D eigenvalue weighted by Gasteiger charge is -2.30. The Bertz CT molecular complexity index is 1240. The van der Waals surface area contributed by atoms with Gasteiger partial charge in [0.15, 0.2) is 12.2 Å². The molecule has 0 bridgehead atoms. The van der Waals surface area contributed by atoms with Gasteiger partial charge in [0.25, 0.3) is 0 Å². The molecule has 0 fully saturated rings. The number of anilines is 3. The third-order valence-electron chi connectivity index (χ3n) is 6.89. The second-order valence-electron chi connectivity index (χ2n) is 9.14. The van der Waals surface area contributed by atoms with Gasteiger partial charge in [0.2, 0.25) is 5.69 Å². The van der Waals surface area contributed by atoms with Crippen LogP contribution in [0.4, 0.5) is 17.1 Å². The second kappa shape index (κ2) is 8.71. The number of hydrogen-bond acceptors (Lipinski definition) is 1. The summed E-state index contributed by atoms with van der Waals surface area (Å²) in [7, 11) is 0. The number of pyridine rings is 1. The lowest BCUT2D eigenvalue weighted by Crippen LogP contribution is -2.45. The van der Waals surface area contributed by atoms with Crippen molar-refractivity contribution in [2.75, 3.05) is 4.90 Å². The van der Waals surface area contributed by atoms with Crippen LogP contribution in [-0.4, -0.2) is 0 Å². The molecule has 1 aromatic heterocycles. The van der Waals surface area contributed by atoms with E-state index in [9.17, 15) is 0 Å². The monoisotopic (exact) mass is 431 g/mol. The van der Waals surface area contributed by atoms with Gasteiger partial charge in [-0.2, -0.15) is 4.57 Å². The summed E-state index contributed by atoms with van der Waals surface area (Å²) in [4.78, 5) is 2.35. The number of rotatable bonds is 5. The third kappa shape index (κ3) is 3.87. The number of aromatic nitrogens is 1. The maximum atomic E-state index is 4.04. The van der Waals surface area contributed by atoms with Crippen LogP contribution < -0.4 is 9.47 Å². The van der Waals surface area contributed by atoms with Crippen LogP contribution in [0.3, 0.4) is 0 Å². The molecule has 1 aliphatic rings. The molecule has 33 heavy (non-hydrogen) atoms. The molecule has 0 radical (unpaired) electrons. The Labute approximate surface area is 197 Å². The Balaban J connectivity index is 1.70. The van der Waals surface area contributed by atoms with Gasteiger partial charge in [-0.15, -0.1) is 6.58 Å². The Morgan fingerprint density at radius 3 is 2.03 bits per heavy atom. The molecule has 3 aromatic carbocycles. The zero-order valence-corrected chi connectivity index (χ0v) is 19.7. The molecule has 2 atom stereocenters. The number of fused-ring (bicyclic) bond motifs is 3. The SMILES string of the molecule is C=CCC1c2ccc(N(c3ccc(C)cc3)c3ccc(C)cc3)cc2-c2cccc[n+]2C1C. The van der Waals surface area contributed by atoms with E-state index in [1.165, 1.54) is 33.6 Å². The van der Waals surface area contributed by atoms with Crippen molar-refractivity contribution in [3.05, 3.63) is 120 Å². The first-order valence-electron chi connectivity index (χ1n) is 11.8. The maximum absolute atomic E-state index is 4.04. The van der Waals surface area contributed by atoms with E-state index in [-0.39, 0.29) is 0 Å². The molecule has 0 N–H and O–H groups in total. The maximum Gasteiger partial charge on any atom is 0.213 e. The molecule has 0 spiro atoms. The highest BCUT2D eigenvalue weighted by Gasteiger charge is 2.36. The third-order valence-corrected chi connectivity index (χ3v) is 6.89. The van der Waals surface area contributed by atoms with Crippen LogP contribution in [-0.2, 0) is 0 Å². The summed E-state index contributed by atoms with van der Waals surface area (Å²) >= 11 is 0. The van der Waals surface area contributed by atoms with Crippen LogP contribution >= 0.6 is 0 Å². The molecule has 0 saturated carbocycles. The zero-order chi connectivity index (χ0) is 22.9. The standard InChI is InChI=1S/C31H31N2/c1-5-8-28-24(4)32-20-7-6-9-31(32)30-21-27(18-19-29(28)30)33(25-14-10-22(2)11-15-25)26-16-12-23(3)13-17-26/h5-7,9-21,24,28H,1,8H2,2-4H3/q+1. The lowest BCUT2D eigenvalue weighted by molar-refractivity contribution is -0.714. The topological polar surface area (TPSA) is 7.12 Å². The largest absolute Gasteiger partial charge is 0.310 e. The summed E-state index contributed by atoms with van der Waals surface area (Å²) in [5.74, 6) is 0.415. The lowest BCUT2D eigenvalue weighted by atomic mass is 9.81. The highest BCUT2D eigenvalue weighted by atomic mass is 15.1. The molecule has 4 aromatic rings. The molecule has 164 valence electrons. The first-order chi connectivity index (χ1) is 16.1. The van der Waals surface area contributed by atoms with Gasteiger partial charge in [-0.25, -0.2) is 0 Å². The number of hydrogen-bond donors (Lipinski definition) is 0. The fraction of sp³-hybridized carbons (Fsp3) is 0.194. The van der Waals surface area contributed by atoms with Crippen molar-refractivity contribution in [2.45, 2.75) is 39.2 Å². The highest BCUT2D eigenvalue weighted by Crippen LogP contribution is 2.43. The van der Waals surface area contributed by atoms with E-state index >= 15 is 0 Å². The van der Waals surface area contributed by atoms with Crippen LogP contribution in [0.25, 0.3) is 11.3 Å². The van der Waals surface area contributed by atoms with Crippen LogP contribution in [0.1, 0.15) is 42.0 Å². The van der Waals surface area contributed by atoms with Gasteiger partial charge in [-0.3, -0.25) is 0 Å². The Morgan fingerprint density at radius 2 is 1.42 bits per heavy atom. The minimum Gasteiger partial charge on any atom is -0.310 e. The van der Waals surface area contributed by atoms with Gasteiger partial charge < -0.3 is 4.90 Å². The molecule has 0 aliphatic carbocycles. The quantitative estimate of drug-likeness (QED) is 0.230. The fourth-order valence-electron chi connectivity index (χ4n) is 5.06. The predicted molar refractivity (Wildman–Crippen MR) is 138 cm³/mol. The summed E-state index contributed by atoms with van der Waals surface area (Å²) in [5.41, 5.74) is 10.0. The Kier molecular flexibility index (Phi) is 5.60. The summed E-state index contributed by atoms with van der Waals surface area (Å²) in [6.45, 7) is 10.6. The molecular formula is C31H31N2+. The van der Waals surface area contributed by atoms with Crippen LogP contribution in [0.5, 0.6) is 0 Å².